The lowest BCUT2D eigenvalue weighted by atomic mass is 9.84. The summed E-state index contributed by atoms with van der Waals surface area (Å²) in [6.07, 6.45) is 3.80. The van der Waals surface area contributed by atoms with Crippen molar-refractivity contribution in [2.24, 2.45) is 0 Å². The highest BCUT2D eigenvalue weighted by molar-refractivity contribution is 5.63. The van der Waals surface area contributed by atoms with Gasteiger partial charge in [0.2, 0.25) is 0 Å². The zero-order chi connectivity index (χ0) is 18.2. The summed E-state index contributed by atoms with van der Waals surface area (Å²) >= 11 is 0. The SMILES string of the molecule is Cc1cc(C(C)(C)C)cc(C)c1-n1ccnc1-c1cccc(C#N)c1. The van der Waals surface area contributed by atoms with Gasteiger partial charge >= 0.3 is 0 Å². The van der Waals surface area contributed by atoms with E-state index in [2.05, 4.69) is 62.4 Å². The van der Waals surface area contributed by atoms with E-state index in [1.54, 1.807) is 0 Å². The zero-order valence-corrected chi connectivity index (χ0v) is 15.5. The number of hydrogen-bond donors (Lipinski definition) is 0. The van der Waals surface area contributed by atoms with Crippen LogP contribution in [0.2, 0.25) is 0 Å². The molecule has 0 aliphatic carbocycles. The second-order valence-electron chi connectivity index (χ2n) is 7.52. The minimum atomic E-state index is 0.118. The van der Waals surface area contributed by atoms with Gasteiger partial charge in [-0.2, -0.15) is 5.26 Å². The van der Waals surface area contributed by atoms with Gasteiger partial charge in [0.15, 0.2) is 0 Å². The Bertz CT molecular complexity index is 942. The molecule has 0 N–H and O–H groups in total. The summed E-state index contributed by atoms with van der Waals surface area (Å²) in [5.74, 6) is 0.854. The predicted octanol–water partition coefficient (Wildman–Crippen LogP) is 5.33. The molecule has 0 aliphatic heterocycles. The van der Waals surface area contributed by atoms with Crippen molar-refractivity contribution in [2.45, 2.75) is 40.0 Å². The van der Waals surface area contributed by atoms with E-state index in [9.17, 15) is 0 Å². The van der Waals surface area contributed by atoms with Crippen LogP contribution in [0.5, 0.6) is 0 Å². The first-order valence-electron chi connectivity index (χ1n) is 8.47. The van der Waals surface area contributed by atoms with Crippen LogP contribution >= 0.6 is 0 Å². The van der Waals surface area contributed by atoms with E-state index in [1.165, 1.54) is 16.7 Å². The van der Waals surface area contributed by atoms with Crippen molar-refractivity contribution in [3.63, 3.8) is 0 Å². The molecule has 0 radical (unpaired) electrons. The smallest absolute Gasteiger partial charge is 0.144 e. The molecule has 0 saturated carbocycles. The Morgan fingerprint density at radius 2 is 1.72 bits per heavy atom. The standard InChI is InChI=1S/C22H23N3/c1-15-11-19(22(3,4)5)12-16(2)20(15)25-10-9-24-21(25)18-8-6-7-17(13-18)14-23/h6-13H,1-5H3. The maximum Gasteiger partial charge on any atom is 0.144 e. The van der Waals surface area contributed by atoms with Crippen molar-refractivity contribution in [1.29, 1.82) is 5.26 Å². The Balaban J connectivity index is 2.17. The lowest BCUT2D eigenvalue weighted by molar-refractivity contribution is 0.589. The average Bonchev–Trinajstić information content (AvgIpc) is 3.02. The van der Waals surface area contributed by atoms with Crippen LogP contribution in [0.3, 0.4) is 0 Å². The quantitative estimate of drug-likeness (QED) is 0.638. The average molecular weight is 329 g/mol. The molecule has 0 aliphatic rings. The highest BCUT2D eigenvalue weighted by Gasteiger charge is 2.18. The topological polar surface area (TPSA) is 41.6 Å². The number of benzene rings is 2. The molecule has 0 bridgehead atoms. The first kappa shape index (κ1) is 17.0. The Kier molecular flexibility index (Phi) is 4.22. The van der Waals surface area contributed by atoms with E-state index >= 15 is 0 Å². The van der Waals surface area contributed by atoms with E-state index in [0.29, 0.717) is 5.56 Å². The van der Waals surface area contributed by atoms with Crippen LogP contribution < -0.4 is 0 Å². The summed E-state index contributed by atoms with van der Waals surface area (Å²) in [7, 11) is 0. The molecule has 3 nitrogen and oxygen atoms in total. The summed E-state index contributed by atoms with van der Waals surface area (Å²) in [6.45, 7) is 11.0. The minimum Gasteiger partial charge on any atom is -0.299 e. The summed E-state index contributed by atoms with van der Waals surface area (Å²) in [5, 5.41) is 9.16. The number of aromatic nitrogens is 2. The number of hydrogen-bond acceptors (Lipinski definition) is 2. The molecule has 0 saturated heterocycles. The van der Waals surface area contributed by atoms with Crippen molar-refractivity contribution in [3.8, 4) is 23.1 Å². The fraction of sp³-hybridized carbons (Fsp3) is 0.273. The maximum absolute atomic E-state index is 9.16. The molecule has 0 amide bonds. The van der Waals surface area contributed by atoms with Gasteiger partial charge in [-0.1, -0.05) is 45.0 Å². The fourth-order valence-corrected chi connectivity index (χ4v) is 3.19. The van der Waals surface area contributed by atoms with Crippen molar-refractivity contribution in [1.82, 2.24) is 9.55 Å². The molecule has 3 rings (SSSR count). The van der Waals surface area contributed by atoms with Crippen molar-refractivity contribution in [3.05, 3.63) is 71.0 Å². The van der Waals surface area contributed by atoms with E-state index in [1.807, 2.05) is 36.7 Å². The molecule has 25 heavy (non-hydrogen) atoms. The van der Waals surface area contributed by atoms with Crippen LogP contribution in [0.15, 0.2) is 48.8 Å². The highest BCUT2D eigenvalue weighted by atomic mass is 15.1. The van der Waals surface area contributed by atoms with E-state index in [4.69, 9.17) is 5.26 Å². The van der Waals surface area contributed by atoms with Crippen LogP contribution in [0, 0.1) is 25.2 Å². The molecule has 126 valence electrons. The second-order valence-corrected chi connectivity index (χ2v) is 7.52. The third-order valence-corrected chi connectivity index (χ3v) is 4.49. The molecular weight excluding hydrogens is 306 g/mol. The number of nitriles is 1. The van der Waals surface area contributed by atoms with Gasteiger partial charge in [0.05, 0.1) is 17.3 Å². The fourth-order valence-electron chi connectivity index (χ4n) is 3.19. The second kappa shape index (κ2) is 6.22. The number of imidazole rings is 1. The van der Waals surface area contributed by atoms with Gasteiger partial charge in [-0.15, -0.1) is 0 Å². The Hall–Kier alpha value is -2.86. The molecule has 1 heterocycles. The van der Waals surface area contributed by atoms with Crippen molar-refractivity contribution >= 4 is 0 Å². The first-order chi connectivity index (χ1) is 11.8. The lowest BCUT2D eigenvalue weighted by Gasteiger charge is -2.23. The van der Waals surface area contributed by atoms with Crippen LogP contribution in [0.1, 0.15) is 43.0 Å². The molecule has 2 aromatic carbocycles. The summed E-state index contributed by atoms with van der Waals surface area (Å²) in [5.41, 5.74) is 6.64. The number of nitrogens with zero attached hydrogens (tertiary/aromatic N) is 3. The Morgan fingerprint density at radius 1 is 1.04 bits per heavy atom. The van der Waals surface area contributed by atoms with Crippen LogP contribution in [0.25, 0.3) is 17.1 Å². The first-order valence-corrected chi connectivity index (χ1v) is 8.47. The van der Waals surface area contributed by atoms with Gasteiger partial charge in [-0.25, -0.2) is 4.98 Å². The monoisotopic (exact) mass is 329 g/mol. The highest BCUT2D eigenvalue weighted by Crippen LogP contribution is 2.31. The third kappa shape index (κ3) is 3.21. The zero-order valence-electron chi connectivity index (χ0n) is 15.5. The van der Waals surface area contributed by atoms with Crippen LogP contribution in [0.4, 0.5) is 0 Å². The van der Waals surface area contributed by atoms with Crippen LogP contribution in [-0.4, -0.2) is 9.55 Å². The van der Waals surface area contributed by atoms with Gasteiger partial charge in [-0.05, 0) is 48.1 Å². The predicted molar refractivity (Wildman–Crippen MR) is 102 cm³/mol. The maximum atomic E-state index is 9.16. The molecule has 0 spiro atoms. The summed E-state index contributed by atoms with van der Waals surface area (Å²) in [6, 6.07) is 14.3. The van der Waals surface area contributed by atoms with Gasteiger partial charge in [0, 0.05) is 18.0 Å². The molecule has 0 atom stereocenters. The number of aryl methyl sites for hydroxylation is 2. The van der Waals surface area contributed by atoms with Gasteiger partial charge < -0.3 is 0 Å². The molecule has 3 heteroatoms. The normalized spacial score (nSPS) is 11.4. The molecule has 0 unspecified atom stereocenters. The van der Waals surface area contributed by atoms with Gasteiger partial charge in [0.1, 0.15) is 5.82 Å². The van der Waals surface area contributed by atoms with Crippen LogP contribution in [-0.2, 0) is 5.41 Å². The van der Waals surface area contributed by atoms with E-state index in [-0.39, 0.29) is 5.41 Å². The van der Waals surface area contributed by atoms with Crippen molar-refractivity contribution in [2.75, 3.05) is 0 Å². The summed E-state index contributed by atoms with van der Waals surface area (Å²) < 4.78 is 2.12. The third-order valence-electron chi connectivity index (χ3n) is 4.49. The Morgan fingerprint density at radius 3 is 2.32 bits per heavy atom. The van der Waals surface area contributed by atoms with Gasteiger partial charge in [-0.3, -0.25) is 4.57 Å². The largest absolute Gasteiger partial charge is 0.299 e. The molecular formula is C22H23N3. The summed E-state index contributed by atoms with van der Waals surface area (Å²) in [4.78, 5) is 4.55. The minimum absolute atomic E-state index is 0.118. The van der Waals surface area contributed by atoms with E-state index in [0.717, 1.165) is 17.1 Å². The lowest BCUT2D eigenvalue weighted by Crippen LogP contribution is -2.13. The number of rotatable bonds is 2. The molecule has 3 aromatic rings. The van der Waals surface area contributed by atoms with Gasteiger partial charge in [0.25, 0.3) is 0 Å². The molecule has 1 aromatic heterocycles. The van der Waals surface area contributed by atoms with Crippen molar-refractivity contribution < 1.29 is 0 Å². The Labute approximate surface area is 149 Å². The van der Waals surface area contributed by atoms with E-state index < -0.39 is 0 Å². The molecule has 0 fully saturated rings.